The highest BCUT2D eigenvalue weighted by Crippen LogP contribution is 2.31. The van der Waals surface area contributed by atoms with E-state index < -0.39 is 0 Å². The highest BCUT2D eigenvalue weighted by molar-refractivity contribution is 7.96. The Bertz CT molecular complexity index is 174. The number of nitrogens with zero attached hydrogens (tertiary/aromatic N) is 1. The SMILES string of the molecule is CCCC1(C)C(=O)NSN1C. The van der Waals surface area contributed by atoms with Gasteiger partial charge < -0.3 is 0 Å². The van der Waals surface area contributed by atoms with E-state index in [4.69, 9.17) is 0 Å². The molecule has 64 valence electrons. The molecular weight excluding hydrogens is 160 g/mol. The summed E-state index contributed by atoms with van der Waals surface area (Å²) in [7, 11) is 1.94. The number of carbonyl (C=O) groups is 1. The van der Waals surface area contributed by atoms with Gasteiger partial charge in [-0.3, -0.25) is 9.52 Å². The summed E-state index contributed by atoms with van der Waals surface area (Å²) in [6.45, 7) is 4.07. The van der Waals surface area contributed by atoms with Crippen LogP contribution in [0.2, 0.25) is 0 Å². The van der Waals surface area contributed by atoms with Crippen molar-refractivity contribution in [3.63, 3.8) is 0 Å². The van der Waals surface area contributed by atoms with Gasteiger partial charge in [-0.25, -0.2) is 4.31 Å². The van der Waals surface area contributed by atoms with Crippen LogP contribution in [0, 0.1) is 0 Å². The normalized spacial score (nSPS) is 32.5. The summed E-state index contributed by atoms with van der Waals surface area (Å²) in [4.78, 5) is 11.3. The van der Waals surface area contributed by atoms with Crippen molar-refractivity contribution in [1.29, 1.82) is 0 Å². The number of amides is 1. The molecule has 1 atom stereocenters. The molecule has 1 aliphatic heterocycles. The molecule has 0 aromatic rings. The van der Waals surface area contributed by atoms with Gasteiger partial charge in [0, 0.05) is 19.2 Å². The van der Waals surface area contributed by atoms with Crippen LogP contribution in [-0.4, -0.2) is 22.8 Å². The molecule has 0 bridgehead atoms. The predicted molar refractivity (Wildman–Crippen MR) is 46.8 cm³/mol. The number of hydrogen-bond donors (Lipinski definition) is 1. The molecule has 1 amide bonds. The van der Waals surface area contributed by atoms with Crippen LogP contribution in [0.1, 0.15) is 26.7 Å². The van der Waals surface area contributed by atoms with Gasteiger partial charge in [-0.05, 0) is 13.3 Å². The van der Waals surface area contributed by atoms with Crippen molar-refractivity contribution in [3.05, 3.63) is 0 Å². The van der Waals surface area contributed by atoms with Crippen molar-refractivity contribution in [2.24, 2.45) is 0 Å². The van der Waals surface area contributed by atoms with Gasteiger partial charge in [0.05, 0.1) is 0 Å². The summed E-state index contributed by atoms with van der Waals surface area (Å²) >= 11 is 1.39. The minimum atomic E-state index is -0.292. The lowest BCUT2D eigenvalue weighted by Crippen LogP contribution is -2.43. The monoisotopic (exact) mass is 174 g/mol. The van der Waals surface area contributed by atoms with E-state index in [1.807, 2.05) is 18.3 Å². The Morgan fingerprint density at radius 1 is 1.73 bits per heavy atom. The van der Waals surface area contributed by atoms with Crippen LogP contribution in [0.5, 0.6) is 0 Å². The Balaban J connectivity index is 2.71. The minimum Gasteiger partial charge on any atom is -0.285 e. The lowest BCUT2D eigenvalue weighted by atomic mass is 9.96. The third-order valence-electron chi connectivity index (χ3n) is 2.20. The summed E-state index contributed by atoms with van der Waals surface area (Å²) in [6, 6.07) is 0. The standard InChI is InChI=1S/C7H14N2OS/c1-4-5-7(2)6(10)8-11-9(7)3/h4-5H2,1-3H3,(H,8,10). The van der Waals surface area contributed by atoms with Crippen molar-refractivity contribution >= 4 is 18.0 Å². The molecule has 1 saturated heterocycles. The fourth-order valence-electron chi connectivity index (χ4n) is 1.22. The fourth-order valence-corrected chi connectivity index (χ4v) is 2.04. The van der Waals surface area contributed by atoms with Crippen LogP contribution in [0.15, 0.2) is 0 Å². The number of carbonyl (C=O) groups excluding carboxylic acids is 1. The maximum Gasteiger partial charge on any atom is 0.251 e. The van der Waals surface area contributed by atoms with Crippen molar-refractivity contribution in [1.82, 2.24) is 9.03 Å². The van der Waals surface area contributed by atoms with E-state index in [0.29, 0.717) is 0 Å². The maximum absolute atomic E-state index is 11.3. The van der Waals surface area contributed by atoms with E-state index in [2.05, 4.69) is 11.6 Å². The molecular formula is C7H14N2OS. The molecule has 11 heavy (non-hydrogen) atoms. The molecule has 0 saturated carbocycles. The largest absolute Gasteiger partial charge is 0.285 e. The molecule has 1 N–H and O–H groups in total. The Kier molecular flexibility index (Phi) is 2.44. The summed E-state index contributed by atoms with van der Waals surface area (Å²) in [5, 5.41) is 0. The molecule has 1 heterocycles. The zero-order valence-corrected chi connectivity index (χ0v) is 7.99. The summed E-state index contributed by atoms with van der Waals surface area (Å²) in [5.41, 5.74) is -0.292. The maximum atomic E-state index is 11.3. The molecule has 0 aromatic heterocycles. The first-order chi connectivity index (χ1) is 5.11. The van der Waals surface area contributed by atoms with Crippen molar-refractivity contribution in [2.45, 2.75) is 32.2 Å². The molecule has 0 radical (unpaired) electrons. The molecule has 4 heteroatoms. The predicted octanol–water partition coefficient (Wildman–Crippen LogP) is 1.17. The Morgan fingerprint density at radius 3 is 2.73 bits per heavy atom. The van der Waals surface area contributed by atoms with Crippen LogP contribution < -0.4 is 4.72 Å². The highest BCUT2D eigenvalue weighted by atomic mass is 32.2. The molecule has 0 spiro atoms. The van der Waals surface area contributed by atoms with E-state index >= 15 is 0 Å². The Hall–Kier alpha value is -0.220. The van der Waals surface area contributed by atoms with E-state index in [0.717, 1.165) is 12.8 Å². The number of likely N-dealkylation sites (N-methyl/N-ethyl adjacent to an activating group) is 1. The third kappa shape index (κ3) is 1.37. The van der Waals surface area contributed by atoms with Crippen LogP contribution in [0.4, 0.5) is 0 Å². The van der Waals surface area contributed by atoms with Crippen LogP contribution in [0.3, 0.4) is 0 Å². The van der Waals surface area contributed by atoms with Crippen molar-refractivity contribution in [3.8, 4) is 0 Å². The molecule has 3 nitrogen and oxygen atoms in total. The molecule has 0 aliphatic carbocycles. The minimum absolute atomic E-state index is 0.131. The topological polar surface area (TPSA) is 32.3 Å². The average Bonchev–Trinajstić information content (AvgIpc) is 2.19. The molecule has 1 aliphatic rings. The smallest absolute Gasteiger partial charge is 0.251 e. The number of rotatable bonds is 2. The zero-order chi connectivity index (χ0) is 8.48. The first kappa shape index (κ1) is 8.87. The Morgan fingerprint density at radius 2 is 2.36 bits per heavy atom. The zero-order valence-electron chi connectivity index (χ0n) is 7.18. The van der Waals surface area contributed by atoms with Gasteiger partial charge in [0.25, 0.3) is 5.91 Å². The van der Waals surface area contributed by atoms with Gasteiger partial charge in [-0.15, -0.1) is 0 Å². The van der Waals surface area contributed by atoms with Gasteiger partial charge in [0.15, 0.2) is 0 Å². The van der Waals surface area contributed by atoms with E-state index in [1.54, 1.807) is 0 Å². The van der Waals surface area contributed by atoms with Gasteiger partial charge >= 0.3 is 0 Å². The van der Waals surface area contributed by atoms with Crippen LogP contribution >= 0.6 is 12.1 Å². The van der Waals surface area contributed by atoms with Crippen molar-refractivity contribution < 1.29 is 4.79 Å². The average molecular weight is 174 g/mol. The molecule has 1 unspecified atom stereocenters. The summed E-state index contributed by atoms with van der Waals surface area (Å²) < 4.78 is 4.73. The van der Waals surface area contributed by atoms with E-state index in [-0.39, 0.29) is 11.4 Å². The van der Waals surface area contributed by atoms with Crippen molar-refractivity contribution in [2.75, 3.05) is 7.05 Å². The lowest BCUT2D eigenvalue weighted by Gasteiger charge is -2.26. The first-order valence-corrected chi connectivity index (χ1v) is 4.60. The van der Waals surface area contributed by atoms with Gasteiger partial charge in [-0.2, -0.15) is 0 Å². The van der Waals surface area contributed by atoms with E-state index in [1.165, 1.54) is 12.1 Å². The van der Waals surface area contributed by atoms with Gasteiger partial charge in [0.1, 0.15) is 5.54 Å². The second-order valence-corrected chi connectivity index (χ2v) is 3.98. The molecule has 1 fully saturated rings. The number of hydrogen-bond acceptors (Lipinski definition) is 3. The Labute approximate surface area is 71.8 Å². The van der Waals surface area contributed by atoms with Gasteiger partial charge in [-0.1, -0.05) is 13.3 Å². The summed E-state index contributed by atoms with van der Waals surface area (Å²) in [6.07, 6.45) is 1.96. The fraction of sp³-hybridized carbons (Fsp3) is 0.857. The second kappa shape index (κ2) is 3.03. The van der Waals surface area contributed by atoms with Crippen LogP contribution in [0.25, 0.3) is 0 Å². The summed E-state index contributed by atoms with van der Waals surface area (Å²) in [5.74, 6) is 0.131. The first-order valence-electron chi connectivity index (χ1n) is 3.82. The van der Waals surface area contributed by atoms with Crippen LogP contribution in [-0.2, 0) is 4.79 Å². The second-order valence-electron chi connectivity index (χ2n) is 3.04. The number of nitrogens with one attached hydrogen (secondary N) is 1. The van der Waals surface area contributed by atoms with Gasteiger partial charge in [0.2, 0.25) is 0 Å². The highest BCUT2D eigenvalue weighted by Gasteiger charge is 2.42. The lowest BCUT2D eigenvalue weighted by molar-refractivity contribution is -0.125. The quantitative estimate of drug-likeness (QED) is 0.638. The third-order valence-corrected chi connectivity index (χ3v) is 3.15. The molecule has 1 rings (SSSR count). The molecule has 0 aromatic carbocycles. The van der Waals surface area contributed by atoms with E-state index in [9.17, 15) is 4.79 Å².